The zero-order valence-corrected chi connectivity index (χ0v) is 24.6. The Kier molecular flexibility index (Phi) is 10.5. The number of hydrogen-bond donors (Lipinski definition) is 1. The van der Waals surface area contributed by atoms with Crippen molar-refractivity contribution in [3.8, 4) is 5.75 Å². The van der Waals surface area contributed by atoms with Crippen LogP contribution < -0.4 is 15.0 Å². The number of fused-ring (bicyclic) bond motifs is 1. The molecule has 0 radical (unpaired) electrons. The van der Waals surface area contributed by atoms with Gasteiger partial charge in [-0.3, -0.25) is 24.0 Å². The van der Waals surface area contributed by atoms with Gasteiger partial charge < -0.3 is 38.7 Å². The molecule has 0 saturated carbocycles. The molecule has 1 fully saturated rings. The zero-order chi connectivity index (χ0) is 31.8. The lowest BCUT2D eigenvalue weighted by Crippen LogP contribution is -2.66. The molecule has 0 unspecified atom stereocenters. The van der Waals surface area contributed by atoms with E-state index < -0.39 is 67.0 Å². The van der Waals surface area contributed by atoms with E-state index in [1.54, 1.807) is 36.4 Å². The first-order valence-electron chi connectivity index (χ1n) is 13.8. The van der Waals surface area contributed by atoms with Gasteiger partial charge in [-0.2, -0.15) is 0 Å². The molecule has 2 aromatic rings. The van der Waals surface area contributed by atoms with Crippen LogP contribution in [0.25, 0.3) is 0 Å². The average Bonchev–Trinajstić information content (AvgIpc) is 3.23. The van der Waals surface area contributed by atoms with Crippen molar-refractivity contribution in [2.75, 3.05) is 24.7 Å². The fraction of sp³-hybridized carbons (Fsp3) is 0.400. The summed E-state index contributed by atoms with van der Waals surface area (Å²) in [7, 11) is 0. The third-order valence-electron chi connectivity index (χ3n) is 6.54. The standard InChI is InChI=1S/C30H33N3O11/c1-17(34)31-26-28(42-20(4)37)27(41-19(3)36)24(16-40-18(2)35)43-30(26)44-32-25-22-12-8-9-13-23(22)33(29(25)38)14-15-39-21-10-6-5-7-11-21/h5-13,24,26-28,30H,14-16H2,1-4H3,(H,31,34)/b32-25+/t24-,26+,27+,28+,30+/m1/s1. The molecule has 0 spiro atoms. The normalized spacial score (nSPS) is 23.4. The molecule has 2 aliphatic rings. The first-order chi connectivity index (χ1) is 21.0. The van der Waals surface area contributed by atoms with Crippen LogP contribution in [0.15, 0.2) is 59.8 Å². The Bertz CT molecular complexity index is 1410. The van der Waals surface area contributed by atoms with Gasteiger partial charge >= 0.3 is 17.9 Å². The van der Waals surface area contributed by atoms with E-state index in [1.807, 2.05) is 18.2 Å². The number of hydrogen-bond acceptors (Lipinski definition) is 12. The van der Waals surface area contributed by atoms with Crippen LogP contribution in [-0.4, -0.2) is 85.8 Å². The number of nitrogens with zero attached hydrogens (tertiary/aromatic N) is 2. The third kappa shape index (κ3) is 7.89. The fourth-order valence-corrected chi connectivity index (χ4v) is 4.83. The molecule has 5 atom stereocenters. The van der Waals surface area contributed by atoms with Gasteiger partial charge in [-0.05, 0) is 18.2 Å². The number of carbonyl (C=O) groups is 5. The Morgan fingerprint density at radius 3 is 2.20 bits per heavy atom. The maximum atomic E-state index is 13.5. The molecule has 0 aromatic heterocycles. The number of rotatable bonds is 11. The molecule has 234 valence electrons. The van der Waals surface area contributed by atoms with E-state index >= 15 is 0 Å². The second-order valence-corrected chi connectivity index (χ2v) is 9.90. The van der Waals surface area contributed by atoms with Crippen LogP contribution in [0.3, 0.4) is 0 Å². The van der Waals surface area contributed by atoms with Gasteiger partial charge in [-0.15, -0.1) is 0 Å². The van der Waals surface area contributed by atoms with Crippen molar-refractivity contribution in [1.82, 2.24) is 5.32 Å². The Morgan fingerprint density at radius 1 is 0.886 bits per heavy atom. The summed E-state index contributed by atoms with van der Waals surface area (Å²) in [6.07, 6.45) is -5.30. The van der Waals surface area contributed by atoms with Crippen LogP contribution in [0.4, 0.5) is 5.69 Å². The Hall–Kier alpha value is -4.98. The summed E-state index contributed by atoms with van der Waals surface area (Å²) in [6.45, 7) is 4.65. The van der Waals surface area contributed by atoms with Crippen molar-refractivity contribution in [2.24, 2.45) is 5.16 Å². The number of esters is 3. The minimum absolute atomic E-state index is 0.0480. The quantitative estimate of drug-likeness (QED) is 0.222. The number of carbonyl (C=O) groups excluding carboxylic acids is 5. The zero-order valence-electron chi connectivity index (χ0n) is 24.6. The highest BCUT2D eigenvalue weighted by molar-refractivity contribution is 6.54. The fourth-order valence-electron chi connectivity index (χ4n) is 4.83. The number of anilines is 1. The molecule has 1 saturated heterocycles. The molecule has 1 N–H and O–H groups in total. The van der Waals surface area contributed by atoms with Crippen LogP contribution >= 0.6 is 0 Å². The average molecular weight is 612 g/mol. The molecule has 14 nitrogen and oxygen atoms in total. The minimum atomic E-state index is -1.47. The van der Waals surface area contributed by atoms with Crippen molar-refractivity contribution in [3.05, 3.63) is 60.2 Å². The summed E-state index contributed by atoms with van der Waals surface area (Å²) in [4.78, 5) is 68.6. The van der Waals surface area contributed by atoms with Crippen LogP contribution in [0.2, 0.25) is 0 Å². The highest BCUT2D eigenvalue weighted by Crippen LogP contribution is 2.31. The molecule has 2 aromatic carbocycles. The summed E-state index contributed by atoms with van der Waals surface area (Å²) in [6, 6.07) is 14.9. The number of benzene rings is 2. The molecular formula is C30H33N3O11. The highest BCUT2D eigenvalue weighted by atomic mass is 16.8. The van der Waals surface area contributed by atoms with Crippen molar-refractivity contribution >= 4 is 41.1 Å². The van der Waals surface area contributed by atoms with Gasteiger partial charge in [0.15, 0.2) is 17.9 Å². The minimum Gasteiger partial charge on any atom is -0.492 e. The molecule has 0 aliphatic carbocycles. The molecular weight excluding hydrogens is 578 g/mol. The summed E-state index contributed by atoms with van der Waals surface area (Å²) in [5.74, 6) is -2.51. The first kappa shape index (κ1) is 31.9. The molecule has 14 heteroatoms. The lowest BCUT2D eigenvalue weighted by molar-refractivity contribution is -0.278. The predicted octanol–water partition coefficient (Wildman–Crippen LogP) is 1.49. The summed E-state index contributed by atoms with van der Waals surface area (Å²) >= 11 is 0. The lowest BCUT2D eigenvalue weighted by atomic mass is 9.96. The molecule has 2 amide bonds. The Morgan fingerprint density at radius 2 is 1.55 bits per heavy atom. The van der Waals surface area contributed by atoms with Crippen molar-refractivity contribution in [2.45, 2.75) is 58.3 Å². The van der Waals surface area contributed by atoms with Gasteiger partial charge in [-0.1, -0.05) is 41.6 Å². The lowest BCUT2D eigenvalue weighted by Gasteiger charge is -2.43. The van der Waals surface area contributed by atoms with Crippen molar-refractivity contribution in [1.29, 1.82) is 0 Å². The topological polar surface area (TPSA) is 168 Å². The predicted molar refractivity (Wildman–Crippen MR) is 152 cm³/mol. The monoisotopic (exact) mass is 611 g/mol. The van der Waals surface area contributed by atoms with E-state index in [4.69, 9.17) is 28.5 Å². The Balaban J connectivity index is 1.62. The van der Waals surface area contributed by atoms with Gasteiger partial charge in [0.25, 0.3) is 12.2 Å². The number of nitrogens with one attached hydrogen (secondary N) is 1. The van der Waals surface area contributed by atoms with E-state index in [-0.39, 0.29) is 18.9 Å². The van der Waals surface area contributed by atoms with Crippen LogP contribution in [-0.2, 0) is 47.8 Å². The number of amides is 2. The maximum absolute atomic E-state index is 13.5. The van der Waals surface area contributed by atoms with Gasteiger partial charge in [0.1, 0.15) is 31.1 Å². The summed E-state index contributed by atoms with van der Waals surface area (Å²) in [5.41, 5.74) is 1.02. The van der Waals surface area contributed by atoms with Crippen LogP contribution in [0.5, 0.6) is 5.75 Å². The van der Waals surface area contributed by atoms with E-state index in [1.165, 1.54) is 18.7 Å². The van der Waals surface area contributed by atoms with E-state index in [0.717, 1.165) is 13.8 Å². The third-order valence-corrected chi connectivity index (χ3v) is 6.54. The second-order valence-electron chi connectivity index (χ2n) is 9.90. The molecule has 2 aliphatic heterocycles. The van der Waals surface area contributed by atoms with Gasteiger partial charge in [0.2, 0.25) is 5.91 Å². The van der Waals surface area contributed by atoms with Crippen LogP contribution in [0, 0.1) is 0 Å². The molecule has 2 heterocycles. The number of para-hydroxylation sites is 2. The molecule has 44 heavy (non-hydrogen) atoms. The second kappa shape index (κ2) is 14.5. The van der Waals surface area contributed by atoms with E-state index in [9.17, 15) is 24.0 Å². The first-order valence-corrected chi connectivity index (χ1v) is 13.8. The van der Waals surface area contributed by atoms with Gasteiger partial charge in [0, 0.05) is 33.3 Å². The molecule has 0 bridgehead atoms. The number of ether oxygens (including phenoxy) is 5. The number of oxime groups is 1. The maximum Gasteiger partial charge on any atom is 0.303 e. The van der Waals surface area contributed by atoms with Crippen molar-refractivity contribution < 1.29 is 52.5 Å². The summed E-state index contributed by atoms with van der Waals surface area (Å²) in [5, 5.41) is 6.71. The highest BCUT2D eigenvalue weighted by Gasteiger charge is 2.52. The SMILES string of the molecule is CC(=O)N[C@@H]1[C@H](O/N=C2/C(=O)N(CCOc3ccccc3)c3ccccc32)O[C@H](COC(C)=O)[C@H](OC(C)=O)[C@H]1OC(C)=O. The van der Waals surface area contributed by atoms with E-state index in [0.29, 0.717) is 17.0 Å². The smallest absolute Gasteiger partial charge is 0.303 e. The molecule has 4 rings (SSSR count). The summed E-state index contributed by atoms with van der Waals surface area (Å²) < 4.78 is 27.7. The van der Waals surface area contributed by atoms with Crippen LogP contribution in [0.1, 0.15) is 33.3 Å². The van der Waals surface area contributed by atoms with E-state index in [2.05, 4.69) is 10.5 Å². The largest absolute Gasteiger partial charge is 0.492 e. The van der Waals surface area contributed by atoms with Crippen molar-refractivity contribution in [3.63, 3.8) is 0 Å². The van der Waals surface area contributed by atoms with Gasteiger partial charge in [0.05, 0.1) is 12.2 Å². The Labute approximate surface area is 253 Å². The van der Waals surface area contributed by atoms with Gasteiger partial charge in [-0.25, -0.2) is 0 Å².